The zero-order valence-corrected chi connectivity index (χ0v) is 28.0. The Morgan fingerprint density at radius 3 is 2.14 bits per heavy atom. The Bertz CT molecular complexity index is 1670. The molecule has 0 saturated heterocycles. The quantitative estimate of drug-likeness (QED) is 0.0498. The van der Waals surface area contributed by atoms with Gasteiger partial charge in [-0.15, -0.1) is 10.2 Å². The van der Waals surface area contributed by atoms with Crippen LogP contribution < -0.4 is 59.6 Å². The number of hydrogen-bond donors (Lipinski definition) is 2. The van der Waals surface area contributed by atoms with Gasteiger partial charge < -0.3 is 45.4 Å². The summed E-state index contributed by atoms with van der Waals surface area (Å²) in [5.74, 6) is 0. The van der Waals surface area contributed by atoms with E-state index in [9.17, 15) is 0 Å². The van der Waals surface area contributed by atoms with Crippen LogP contribution in [-0.4, -0.2) is 13.3 Å². The number of benzene rings is 3. The first-order chi connectivity index (χ1) is 20.6. The summed E-state index contributed by atoms with van der Waals surface area (Å²) < 4.78 is 4.41. The number of fused-ring (bicyclic) bond motifs is 1. The third-order valence-electron chi connectivity index (χ3n) is 7.21. The van der Waals surface area contributed by atoms with E-state index in [-0.39, 0.29) is 34.0 Å². The normalized spacial score (nSPS) is 11.0. The number of hydrogen-bond acceptors (Lipinski definition) is 6. The zero-order chi connectivity index (χ0) is 29.1. The molecule has 0 saturated carbocycles. The average Bonchev–Trinajstić information content (AvgIpc) is 3.02. The Kier molecular flexibility index (Phi) is 13.4. The van der Waals surface area contributed by atoms with Gasteiger partial charge in [0.15, 0.2) is 24.8 Å². The van der Waals surface area contributed by atoms with E-state index in [4.69, 9.17) is 11.5 Å². The zero-order valence-electron chi connectivity index (χ0n) is 24.8. The minimum atomic E-state index is 0. The number of azo groups is 1. The van der Waals surface area contributed by atoms with E-state index in [1.165, 1.54) is 12.8 Å². The highest BCUT2D eigenvalue weighted by Crippen LogP contribution is 2.34. The van der Waals surface area contributed by atoms with Gasteiger partial charge in [-0.2, -0.15) is 5.10 Å². The van der Waals surface area contributed by atoms with Crippen molar-refractivity contribution in [2.24, 2.45) is 15.3 Å². The lowest BCUT2D eigenvalue weighted by atomic mass is 10.1. The third kappa shape index (κ3) is 9.42. The Labute approximate surface area is 280 Å². The van der Waals surface area contributed by atoms with Crippen LogP contribution in [0.5, 0.6) is 0 Å². The van der Waals surface area contributed by atoms with Crippen molar-refractivity contribution in [1.29, 1.82) is 0 Å². The van der Waals surface area contributed by atoms with Gasteiger partial charge in [0.1, 0.15) is 18.8 Å². The highest BCUT2D eigenvalue weighted by atomic mass is 79.9. The number of nitrogens with zero attached hydrogens (tertiary/aromatic N) is 6. The Hall–Kier alpha value is -4.15. The molecule has 44 heavy (non-hydrogen) atoms. The monoisotopic (exact) mass is 716 g/mol. The molecule has 0 aliphatic heterocycles. The fourth-order valence-electron chi connectivity index (χ4n) is 4.86. The molecule has 8 nitrogen and oxygen atoms in total. The van der Waals surface area contributed by atoms with E-state index >= 15 is 0 Å². The van der Waals surface area contributed by atoms with Gasteiger partial charge in [-0.1, -0.05) is 30.3 Å². The number of rotatable bonds is 12. The number of nitrogens with two attached hydrogens (primary N) is 2. The van der Waals surface area contributed by atoms with Crippen molar-refractivity contribution in [1.82, 2.24) is 0 Å². The van der Waals surface area contributed by atoms with Crippen LogP contribution in [0.2, 0.25) is 0 Å². The van der Waals surface area contributed by atoms with Crippen LogP contribution in [0.3, 0.4) is 0 Å². The Balaban J connectivity index is 0.00000264. The highest BCUT2D eigenvalue weighted by molar-refractivity contribution is 6.06. The van der Waals surface area contributed by atoms with Crippen LogP contribution in [0.1, 0.15) is 31.2 Å². The molecule has 5 aromatic rings. The van der Waals surface area contributed by atoms with Crippen LogP contribution in [0.15, 0.2) is 125 Å². The van der Waals surface area contributed by atoms with E-state index in [2.05, 4.69) is 55.2 Å². The van der Waals surface area contributed by atoms with Gasteiger partial charge in [0.25, 0.3) is 0 Å². The molecule has 0 aliphatic rings. The molecule has 5 rings (SSSR count). The van der Waals surface area contributed by atoms with Crippen molar-refractivity contribution >= 4 is 45.4 Å². The summed E-state index contributed by atoms with van der Waals surface area (Å²) in [4.78, 5) is 0. The molecule has 0 fully saturated rings. The molecule has 0 atom stereocenters. The maximum Gasteiger partial charge on any atom is 0.196 e. The van der Waals surface area contributed by atoms with Crippen LogP contribution in [0.25, 0.3) is 10.8 Å². The second-order valence-corrected chi connectivity index (χ2v) is 10.3. The van der Waals surface area contributed by atoms with Crippen molar-refractivity contribution in [3.8, 4) is 0 Å². The molecule has 0 unspecified atom stereocenters. The predicted molar refractivity (Wildman–Crippen MR) is 171 cm³/mol. The highest BCUT2D eigenvalue weighted by Gasteiger charge is 2.08. The third-order valence-corrected chi connectivity index (χ3v) is 7.21. The first-order valence-corrected chi connectivity index (χ1v) is 14.4. The summed E-state index contributed by atoms with van der Waals surface area (Å²) in [5.41, 5.74) is 17.3. The molecule has 0 bridgehead atoms. The number of halogens is 2. The summed E-state index contributed by atoms with van der Waals surface area (Å²) in [6.07, 6.45) is 14.9. The van der Waals surface area contributed by atoms with E-state index in [1.807, 2.05) is 97.3 Å². The van der Waals surface area contributed by atoms with Gasteiger partial charge in [-0.05, 0) is 49.2 Å². The van der Waals surface area contributed by atoms with Crippen LogP contribution >= 0.6 is 0 Å². The van der Waals surface area contributed by atoms with E-state index in [0.717, 1.165) is 59.3 Å². The van der Waals surface area contributed by atoms with Crippen molar-refractivity contribution in [3.05, 3.63) is 115 Å². The predicted octanol–water partition coefficient (Wildman–Crippen LogP) is 0.734. The number of nitrogen functional groups attached to an aromatic ring is 2. The maximum atomic E-state index is 6.14. The number of aromatic nitrogens is 2. The van der Waals surface area contributed by atoms with E-state index < -0.39 is 0 Å². The Morgan fingerprint density at radius 1 is 0.682 bits per heavy atom. The smallest absolute Gasteiger partial charge is 0.196 e. The first kappa shape index (κ1) is 34.3. The molecule has 0 amide bonds. The number of pyridine rings is 2. The molecule has 0 spiro atoms. The lowest BCUT2D eigenvalue weighted by molar-refractivity contribution is -0.698. The Morgan fingerprint density at radius 2 is 1.39 bits per heavy atom. The maximum absolute atomic E-state index is 6.14. The molecule has 2 heterocycles. The molecular weight excluding hydrogens is 680 g/mol. The molecule has 0 radical (unpaired) electrons. The first-order valence-electron chi connectivity index (χ1n) is 14.4. The van der Waals surface area contributed by atoms with Gasteiger partial charge in [0.05, 0.1) is 17.6 Å². The van der Waals surface area contributed by atoms with Gasteiger partial charge in [0.2, 0.25) is 0 Å². The number of aryl methyl sites for hydroxylation is 2. The van der Waals surface area contributed by atoms with Crippen molar-refractivity contribution in [3.63, 3.8) is 0 Å². The molecule has 10 heteroatoms. The fourth-order valence-corrected chi connectivity index (χ4v) is 4.86. The minimum absolute atomic E-state index is 0. The van der Waals surface area contributed by atoms with Crippen molar-refractivity contribution in [2.45, 2.75) is 38.8 Å². The summed E-state index contributed by atoms with van der Waals surface area (Å²) in [7, 11) is 1.96. The molecular formula is C34H38Br2N8. The molecule has 0 aliphatic carbocycles. The summed E-state index contributed by atoms with van der Waals surface area (Å²) >= 11 is 0. The van der Waals surface area contributed by atoms with Gasteiger partial charge in [-0.3, -0.25) is 5.01 Å². The lowest BCUT2D eigenvalue weighted by Crippen LogP contribution is -3.00. The number of anilines is 3. The van der Waals surface area contributed by atoms with E-state index in [0.29, 0.717) is 11.4 Å². The minimum Gasteiger partial charge on any atom is -1.00 e. The number of unbranched alkanes of at least 4 members (excludes halogenated alkanes) is 3. The van der Waals surface area contributed by atoms with Gasteiger partial charge >= 0.3 is 0 Å². The number of para-hydroxylation sites is 1. The lowest BCUT2D eigenvalue weighted by Gasteiger charge is -2.11. The fraction of sp³-hybridized carbons (Fsp3) is 0.206. The van der Waals surface area contributed by atoms with Crippen LogP contribution in [0.4, 0.5) is 28.4 Å². The SMILES string of the molecule is CN(/N=C\c1cc[n+](CCCCCC[n+]2cccc(N=Nc3ccc(N)c4c(N)cccc34)c2)cc1)c1ccccc1.[Br-].[Br-]. The van der Waals surface area contributed by atoms with Gasteiger partial charge in [-0.25, -0.2) is 9.13 Å². The van der Waals surface area contributed by atoms with Crippen LogP contribution in [0, 0.1) is 0 Å². The van der Waals surface area contributed by atoms with Crippen molar-refractivity contribution in [2.75, 3.05) is 23.5 Å². The van der Waals surface area contributed by atoms with Crippen LogP contribution in [-0.2, 0) is 13.1 Å². The summed E-state index contributed by atoms with van der Waals surface area (Å²) in [5, 5.41) is 17.1. The topological polar surface area (TPSA) is 100 Å². The second kappa shape index (κ2) is 17.2. The van der Waals surface area contributed by atoms with E-state index in [1.54, 1.807) is 0 Å². The van der Waals surface area contributed by atoms with Gasteiger partial charge in [0, 0.05) is 65.8 Å². The standard InChI is InChI=1S/C34H38N8.2BrH/c1-40(29-12-5-4-6-13-29)37-25-27-18-23-41(24-19-27)20-7-2-3-8-21-42-22-10-11-28(26-42)38-39-33-17-16-32(36)34-30(33)14-9-15-31(34)35;;/h4-6,9-19,22-26H,2-3,7-8,20-21,35-36H2,1H3;2*1H/q+2;;/p-2. The largest absolute Gasteiger partial charge is 1.00 e. The average molecular weight is 719 g/mol. The summed E-state index contributed by atoms with van der Waals surface area (Å²) in [6.45, 7) is 1.96. The second-order valence-electron chi connectivity index (χ2n) is 10.3. The summed E-state index contributed by atoms with van der Waals surface area (Å²) in [6, 6.07) is 27.7. The number of hydrazone groups is 1. The molecule has 2 aromatic heterocycles. The van der Waals surface area contributed by atoms with Crippen molar-refractivity contribution < 1.29 is 43.1 Å². The molecule has 3 aromatic carbocycles. The molecule has 228 valence electrons. The molecule has 4 N–H and O–H groups in total.